The van der Waals surface area contributed by atoms with Gasteiger partial charge in [0.1, 0.15) is 0 Å². The summed E-state index contributed by atoms with van der Waals surface area (Å²) in [6, 6.07) is 5.99. The number of para-hydroxylation sites is 1. The Morgan fingerprint density at radius 1 is 1.38 bits per heavy atom. The molecule has 1 N–H and O–H groups in total. The number of piperazine rings is 1. The molecule has 0 radical (unpaired) electrons. The smallest absolute Gasteiger partial charge is 0.268 e. The molecule has 3 rings (SSSR count). The predicted molar refractivity (Wildman–Crippen MR) is 84.2 cm³/mol. The van der Waals surface area contributed by atoms with Crippen molar-refractivity contribution in [1.29, 1.82) is 0 Å². The Hall–Kier alpha value is -2.01. The molecule has 112 valence electrons. The normalized spacial score (nSPS) is 21.8. The van der Waals surface area contributed by atoms with E-state index in [1.54, 1.807) is 17.9 Å². The predicted octanol–water partition coefficient (Wildman–Crippen LogP) is 1.40. The highest BCUT2D eigenvalue weighted by atomic mass is 16.5. The maximum Gasteiger partial charge on any atom is 0.268 e. The molecule has 1 amide bonds. The first-order valence-corrected chi connectivity index (χ1v) is 7.40. The highest BCUT2D eigenvalue weighted by Gasteiger charge is 2.33. The van der Waals surface area contributed by atoms with Crippen molar-refractivity contribution in [3.05, 3.63) is 30.9 Å². The summed E-state index contributed by atoms with van der Waals surface area (Å²) in [4.78, 5) is 16.4. The van der Waals surface area contributed by atoms with E-state index in [4.69, 9.17) is 4.74 Å². The number of carbonyl (C=O) groups is 1. The number of hydrogen-bond acceptors (Lipinski definition) is 4. The summed E-state index contributed by atoms with van der Waals surface area (Å²) < 4.78 is 5.92. The van der Waals surface area contributed by atoms with Crippen LogP contribution in [-0.4, -0.2) is 44.7 Å². The van der Waals surface area contributed by atoms with E-state index in [0.717, 1.165) is 43.3 Å². The second kappa shape index (κ2) is 5.77. The molecule has 0 bridgehead atoms. The van der Waals surface area contributed by atoms with Crippen LogP contribution in [0.2, 0.25) is 0 Å². The van der Waals surface area contributed by atoms with E-state index in [0.29, 0.717) is 6.54 Å². The monoisotopic (exact) mass is 287 g/mol. The zero-order chi connectivity index (χ0) is 14.8. The number of rotatable bonds is 3. The molecule has 21 heavy (non-hydrogen) atoms. The van der Waals surface area contributed by atoms with Crippen LogP contribution in [-0.2, 0) is 4.79 Å². The molecule has 1 unspecified atom stereocenters. The van der Waals surface area contributed by atoms with Crippen LogP contribution in [0, 0.1) is 0 Å². The molecule has 1 aromatic rings. The first kappa shape index (κ1) is 13.9. The number of anilines is 2. The molecule has 0 aliphatic carbocycles. The summed E-state index contributed by atoms with van der Waals surface area (Å²) in [5, 5.41) is 3.35. The van der Waals surface area contributed by atoms with E-state index in [1.165, 1.54) is 0 Å². The Kier molecular flexibility index (Phi) is 3.84. The van der Waals surface area contributed by atoms with E-state index in [1.807, 2.05) is 12.1 Å². The quantitative estimate of drug-likeness (QED) is 0.854. The van der Waals surface area contributed by atoms with Gasteiger partial charge in [-0.1, -0.05) is 12.1 Å². The van der Waals surface area contributed by atoms with Crippen LogP contribution in [0.25, 0.3) is 0 Å². The van der Waals surface area contributed by atoms with E-state index in [2.05, 4.69) is 22.9 Å². The largest absolute Gasteiger partial charge is 0.476 e. The van der Waals surface area contributed by atoms with Crippen molar-refractivity contribution in [2.75, 3.05) is 42.5 Å². The molecule has 5 heteroatoms. The molecule has 1 aromatic carbocycles. The van der Waals surface area contributed by atoms with Crippen molar-refractivity contribution in [1.82, 2.24) is 5.32 Å². The molecule has 5 nitrogen and oxygen atoms in total. The SMILES string of the molecule is C=CCN1C(=O)C(C)Oc2c(N3CCNCC3)cccc21. The summed E-state index contributed by atoms with van der Waals surface area (Å²) in [5.41, 5.74) is 1.91. The minimum atomic E-state index is -0.457. The fourth-order valence-electron chi connectivity index (χ4n) is 2.88. The van der Waals surface area contributed by atoms with Gasteiger partial charge in [-0.3, -0.25) is 4.79 Å². The highest BCUT2D eigenvalue weighted by Crippen LogP contribution is 2.42. The van der Waals surface area contributed by atoms with E-state index >= 15 is 0 Å². The third-order valence-corrected chi connectivity index (χ3v) is 3.94. The number of hydrogen-bond donors (Lipinski definition) is 1. The van der Waals surface area contributed by atoms with Crippen molar-refractivity contribution >= 4 is 17.3 Å². The summed E-state index contributed by atoms with van der Waals surface area (Å²) in [6.07, 6.45) is 1.29. The summed E-state index contributed by atoms with van der Waals surface area (Å²) in [6.45, 7) is 9.88. The molecule has 2 aliphatic rings. The number of nitrogens with zero attached hydrogens (tertiary/aromatic N) is 2. The van der Waals surface area contributed by atoms with Gasteiger partial charge >= 0.3 is 0 Å². The van der Waals surface area contributed by atoms with Crippen LogP contribution in [0.15, 0.2) is 30.9 Å². The van der Waals surface area contributed by atoms with Gasteiger partial charge in [0, 0.05) is 32.7 Å². The van der Waals surface area contributed by atoms with Crippen molar-refractivity contribution < 1.29 is 9.53 Å². The molecule has 1 atom stereocenters. The fraction of sp³-hybridized carbons (Fsp3) is 0.438. The molecule has 2 aliphatic heterocycles. The Morgan fingerprint density at radius 3 is 2.81 bits per heavy atom. The summed E-state index contributed by atoms with van der Waals surface area (Å²) in [5.74, 6) is 0.799. The first-order valence-electron chi connectivity index (χ1n) is 7.40. The third kappa shape index (κ3) is 2.49. The van der Waals surface area contributed by atoms with Crippen LogP contribution in [0.5, 0.6) is 5.75 Å². The number of carbonyl (C=O) groups excluding carboxylic acids is 1. The lowest BCUT2D eigenvalue weighted by molar-refractivity contribution is -0.125. The molecule has 0 spiro atoms. The zero-order valence-electron chi connectivity index (χ0n) is 12.3. The summed E-state index contributed by atoms with van der Waals surface area (Å²) >= 11 is 0. The topological polar surface area (TPSA) is 44.8 Å². The third-order valence-electron chi connectivity index (χ3n) is 3.94. The van der Waals surface area contributed by atoms with Gasteiger partial charge in [-0.15, -0.1) is 6.58 Å². The zero-order valence-corrected chi connectivity index (χ0v) is 12.3. The number of amides is 1. The minimum Gasteiger partial charge on any atom is -0.476 e. The molecular weight excluding hydrogens is 266 g/mol. The van der Waals surface area contributed by atoms with Crippen LogP contribution >= 0.6 is 0 Å². The molecular formula is C16H21N3O2. The van der Waals surface area contributed by atoms with Gasteiger partial charge in [0.15, 0.2) is 11.9 Å². The fourth-order valence-corrected chi connectivity index (χ4v) is 2.88. The van der Waals surface area contributed by atoms with Crippen LogP contribution < -0.4 is 19.9 Å². The number of ether oxygens (including phenoxy) is 1. The number of nitrogens with one attached hydrogen (secondary N) is 1. The standard InChI is InChI=1S/C16H21N3O2/c1-3-9-19-14-6-4-5-13(18-10-7-17-8-11-18)15(14)21-12(2)16(19)20/h3-6,12,17H,1,7-11H2,2H3. The van der Waals surface area contributed by atoms with Crippen molar-refractivity contribution in [3.63, 3.8) is 0 Å². The van der Waals surface area contributed by atoms with Gasteiger partial charge in [-0.05, 0) is 19.1 Å². The maximum absolute atomic E-state index is 12.3. The average Bonchev–Trinajstić information content (AvgIpc) is 2.52. The van der Waals surface area contributed by atoms with Crippen molar-refractivity contribution in [2.24, 2.45) is 0 Å². The average molecular weight is 287 g/mol. The Balaban J connectivity index is 2.01. The molecule has 0 aromatic heterocycles. The van der Waals surface area contributed by atoms with Crippen LogP contribution in [0.3, 0.4) is 0 Å². The van der Waals surface area contributed by atoms with Crippen LogP contribution in [0.1, 0.15) is 6.92 Å². The van der Waals surface area contributed by atoms with Gasteiger partial charge in [0.2, 0.25) is 0 Å². The maximum atomic E-state index is 12.3. The van der Waals surface area contributed by atoms with Gasteiger partial charge in [-0.2, -0.15) is 0 Å². The van der Waals surface area contributed by atoms with Gasteiger partial charge in [0.25, 0.3) is 5.91 Å². The van der Waals surface area contributed by atoms with Gasteiger partial charge in [-0.25, -0.2) is 0 Å². The Bertz CT molecular complexity index is 552. The second-order valence-corrected chi connectivity index (χ2v) is 5.36. The molecule has 0 saturated carbocycles. The lowest BCUT2D eigenvalue weighted by Crippen LogP contribution is -2.46. The van der Waals surface area contributed by atoms with Crippen LogP contribution in [0.4, 0.5) is 11.4 Å². The molecule has 1 saturated heterocycles. The van der Waals surface area contributed by atoms with E-state index in [-0.39, 0.29) is 5.91 Å². The Labute approximate surface area is 125 Å². The molecule has 2 heterocycles. The summed E-state index contributed by atoms with van der Waals surface area (Å²) in [7, 11) is 0. The molecule has 1 fully saturated rings. The van der Waals surface area contributed by atoms with E-state index < -0.39 is 6.10 Å². The lowest BCUT2D eigenvalue weighted by Gasteiger charge is -2.37. The van der Waals surface area contributed by atoms with Gasteiger partial charge < -0.3 is 19.9 Å². The second-order valence-electron chi connectivity index (χ2n) is 5.36. The lowest BCUT2D eigenvalue weighted by atomic mass is 10.1. The number of benzene rings is 1. The van der Waals surface area contributed by atoms with Crippen molar-refractivity contribution in [3.8, 4) is 5.75 Å². The minimum absolute atomic E-state index is 0.0140. The van der Waals surface area contributed by atoms with Gasteiger partial charge in [0.05, 0.1) is 11.4 Å². The first-order chi connectivity index (χ1) is 10.2. The van der Waals surface area contributed by atoms with Crippen molar-refractivity contribution in [2.45, 2.75) is 13.0 Å². The number of fused-ring (bicyclic) bond motifs is 1. The van der Waals surface area contributed by atoms with E-state index in [9.17, 15) is 4.79 Å². The Morgan fingerprint density at radius 2 is 2.10 bits per heavy atom. The highest BCUT2D eigenvalue weighted by molar-refractivity contribution is 6.01.